The van der Waals surface area contributed by atoms with Crippen LogP contribution in [0.5, 0.6) is 0 Å². The Kier molecular flexibility index (Phi) is 4.41. The SMILES string of the molecule is COC(C)(CC1O[C@H]2[C@H]3O[C@H](C(Cl)(Cl)Cl)O[C@H]3O[C@H]12)OC. The van der Waals surface area contributed by atoms with E-state index in [0.29, 0.717) is 6.42 Å². The second-order valence-electron chi connectivity index (χ2n) is 5.46. The first kappa shape index (κ1) is 16.5. The summed E-state index contributed by atoms with van der Waals surface area (Å²) in [5.74, 6) is -0.724. The van der Waals surface area contributed by atoms with Gasteiger partial charge < -0.3 is 28.4 Å². The van der Waals surface area contributed by atoms with Crippen molar-refractivity contribution in [3.05, 3.63) is 0 Å². The molecule has 1 unspecified atom stereocenters. The molecule has 0 spiro atoms. The second kappa shape index (κ2) is 5.61. The Morgan fingerprint density at radius 1 is 0.905 bits per heavy atom. The highest BCUT2D eigenvalue weighted by molar-refractivity contribution is 6.67. The molecule has 0 aromatic heterocycles. The maximum absolute atomic E-state index is 5.82. The monoisotopic (exact) mass is 362 g/mol. The molecular weight excluding hydrogens is 346 g/mol. The third-order valence-corrected chi connectivity index (χ3v) is 4.68. The topological polar surface area (TPSA) is 55.4 Å². The standard InChI is InChI=1S/C12H17Cl3O6/c1-11(16-2,17-3)4-5-6-7(18-5)8-9(19-6)21-10(20-8)12(13,14)15/h5-10H,4H2,1-3H3/t5?,6-,7-,8-,9-,10+/m1/s1. The average Bonchev–Trinajstić information content (AvgIpc) is 2.93. The number of hydrogen-bond acceptors (Lipinski definition) is 6. The van der Waals surface area contributed by atoms with Gasteiger partial charge in [-0.2, -0.15) is 0 Å². The van der Waals surface area contributed by atoms with E-state index in [-0.39, 0.29) is 24.4 Å². The van der Waals surface area contributed by atoms with E-state index in [1.165, 1.54) is 0 Å². The summed E-state index contributed by atoms with van der Waals surface area (Å²) < 4.78 is 31.7. The summed E-state index contributed by atoms with van der Waals surface area (Å²) in [5.41, 5.74) is 0. The lowest BCUT2D eigenvalue weighted by molar-refractivity contribution is -0.290. The molecule has 6 nitrogen and oxygen atoms in total. The van der Waals surface area contributed by atoms with Crippen molar-refractivity contribution in [3.63, 3.8) is 0 Å². The number of rotatable bonds is 4. The van der Waals surface area contributed by atoms with Crippen LogP contribution in [-0.4, -0.2) is 60.8 Å². The van der Waals surface area contributed by atoms with Crippen molar-refractivity contribution in [3.8, 4) is 0 Å². The predicted octanol–water partition coefficient (Wildman–Crippen LogP) is 1.99. The molecule has 9 heteroatoms. The lowest BCUT2D eigenvalue weighted by atomic mass is 9.93. The summed E-state index contributed by atoms with van der Waals surface area (Å²) in [5, 5.41) is 0. The predicted molar refractivity (Wildman–Crippen MR) is 74.4 cm³/mol. The molecule has 0 saturated carbocycles. The number of fused-ring (bicyclic) bond motifs is 3. The van der Waals surface area contributed by atoms with Gasteiger partial charge in [-0.1, -0.05) is 34.8 Å². The van der Waals surface area contributed by atoms with Gasteiger partial charge in [0, 0.05) is 20.6 Å². The zero-order valence-electron chi connectivity index (χ0n) is 11.8. The van der Waals surface area contributed by atoms with E-state index in [4.69, 9.17) is 63.2 Å². The first-order valence-corrected chi connectivity index (χ1v) is 7.70. The van der Waals surface area contributed by atoms with Gasteiger partial charge in [-0.3, -0.25) is 0 Å². The minimum atomic E-state index is -1.66. The van der Waals surface area contributed by atoms with Crippen molar-refractivity contribution in [2.75, 3.05) is 14.2 Å². The van der Waals surface area contributed by atoms with Crippen LogP contribution in [0, 0.1) is 0 Å². The summed E-state index contributed by atoms with van der Waals surface area (Å²) in [4.78, 5) is 0. The van der Waals surface area contributed by atoms with Gasteiger partial charge in [0.05, 0.1) is 6.10 Å². The average molecular weight is 364 g/mol. The molecule has 3 rings (SSSR count). The van der Waals surface area contributed by atoms with Gasteiger partial charge in [-0.05, 0) is 6.92 Å². The molecule has 3 heterocycles. The molecule has 21 heavy (non-hydrogen) atoms. The van der Waals surface area contributed by atoms with Crippen LogP contribution in [0.4, 0.5) is 0 Å². The molecular formula is C12H17Cl3O6. The Labute approximate surface area is 137 Å². The quantitative estimate of drug-likeness (QED) is 0.562. The highest BCUT2D eigenvalue weighted by atomic mass is 35.6. The van der Waals surface area contributed by atoms with Crippen LogP contribution in [0.2, 0.25) is 0 Å². The largest absolute Gasteiger partial charge is 0.366 e. The van der Waals surface area contributed by atoms with E-state index in [0.717, 1.165) is 0 Å². The number of ether oxygens (including phenoxy) is 6. The molecule has 3 saturated heterocycles. The first-order valence-electron chi connectivity index (χ1n) is 6.56. The number of hydrogen-bond donors (Lipinski definition) is 0. The molecule has 3 aliphatic rings. The zero-order chi connectivity index (χ0) is 15.4. The lowest BCUT2D eigenvalue weighted by Crippen LogP contribution is -2.58. The van der Waals surface area contributed by atoms with E-state index in [1.807, 2.05) is 6.92 Å². The Morgan fingerprint density at radius 2 is 1.57 bits per heavy atom. The summed E-state index contributed by atoms with van der Waals surface area (Å²) >= 11 is 17.3. The van der Waals surface area contributed by atoms with Crippen LogP contribution in [0.3, 0.4) is 0 Å². The highest BCUT2D eigenvalue weighted by Gasteiger charge is 2.64. The number of halogens is 3. The molecule has 0 radical (unpaired) electrons. The van der Waals surface area contributed by atoms with Crippen molar-refractivity contribution >= 4 is 34.8 Å². The Balaban J connectivity index is 1.58. The maximum atomic E-state index is 5.82. The maximum Gasteiger partial charge on any atom is 0.241 e. The van der Waals surface area contributed by atoms with Gasteiger partial charge >= 0.3 is 0 Å². The van der Waals surface area contributed by atoms with E-state index < -0.39 is 22.2 Å². The summed E-state index contributed by atoms with van der Waals surface area (Å²) in [6.07, 6.45) is -1.90. The molecule has 6 atom stereocenters. The van der Waals surface area contributed by atoms with Crippen LogP contribution in [0.15, 0.2) is 0 Å². The van der Waals surface area contributed by atoms with Crippen LogP contribution in [0.25, 0.3) is 0 Å². The fourth-order valence-electron chi connectivity index (χ4n) is 2.78. The van der Waals surface area contributed by atoms with Crippen LogP contribution in [-0.2, 0) is 28.4 Å². The minimum absolute atomic E-state index is 0.138. The van der Waals surface area contributed by atoms with Crippen molar-refractivity contribution in [1.82, 2.24) is 0 Å². The molecule has 3 fully saturated rings. The third kappa shape index (κ3) is 2.91. The lowest BCUT2D eigenvalue weighted by Gasteiger charge is -2.44. The van der Waals surface area contributed by atoms with Gasteiger partial charge in [0.1, 0.15) is 18.3 Å². The van der Waals surface area contributed by atoms with Crippen LogP contribution >= 0.6 is 34.8 Å². The van der Waals surface area contributed by atoms with Crippen molar-refractivity contribution in [1.29, 1.82) is 0 Å². The van der Waals surface area contributed by atoms with E-state index in [9.17, 15) is 0 Å². The van der Waals surface area contributed by atoms with Crippen molar-refractivity contribution < 1.29 is 28.4 Å². The first-order chi connectivity index (χ1) is 9.77. The molecule has 0 bridgehead atoms. The Bertz CT molecular complexity index is 399. The van der Waals surface area contributed by atoms with Gasteiger partial charge in [-0.25, -0.2) is 0 Å². The molecule has 3 aliphatic heterocycles. The molecule has 0 aliphatic carbocycles. The molecule has 0 aromatic rings. The summed E-state index contributed by atoms with van der Waals surface area (Å²) in [7, 11) is 3.17. The van der Waals surface area contributed by atoms with Crippen molar-refractivity contribution in [2.24, 2.45) is 0 Å². The smallest absolute Gasteiger partial charge is 0.241 e. The fourth-order valence-corrected chi connectivity index (χ4v) is 3.09. The zero-order valence-corrected chi connectivity index (χ0v) is 14.0. The van der Waals surface area contributed by atoms with Gasteiger partial charge in [0.2, 0.25) is 10.1 Å². The second-order valence-corrected chi connectivity index (χ2v) is 7.83. The van der Waals surface area contributed by atoms with Gasteiger partial charge in [0.15, 0.2) is 12.1 Å². The molecule has 0 amide bonds. The van der Waals surface area contributed by atoms with E-state index >= 15 is 0 Å². The summed E-state index contributed by atoms with van der Waals surface area (Å²) in [6, 6.07) is 0. The fraction of sp³-hybridized carbons (Fsp3) is 1.00. The van der Waals surface area contributed by atoms with E-state index in [2.05, 4.69) is 0 Å². The van der Waals surface area contributed by atoms with Gasteiger partial charge in [-0.15, -0.1) is 0 Å². The minimum Gasteiger partial charge on any atom is -0.366 e. The number of alkyl halides is 3. The third-order valence-electron chi connectivity index (χ3n) is 4.15. The number of methoxy groups -OCH3 is 2. The van der Waals surface area contributed by atoms with Crippen LogP contribution < -0.4 is 0 Å². The molecule has 0 aromatic carbocycles. The normalized spacial score (nSPS) is 42.6. The Morgan fingerprint density at radius 3 is 2.14 bits per heavy atom. The van der Waals surface area contributed by atoms with Crippen LogP contribution in [0.1, 0.15) is 13.3 Å². The van der Waals surface area contributed by atoms with Gasteiger partial charge in [0.25, 0.3) is 0 Å². The Hall–Kier alpha value is 0.630. The molecule has 0 N–H and O–H groups in total. The van der Waals surface area contributed by atoms with E-state index in [1.54, 1.807) is 14.2 Å². The van der Waals surface area contributed by atoms with Crippen molar-refractivity contribution in [2.45, 2.75) is 59.9 Å². The summed E-state index contributed by atoms with van der Waals surface area (Å²) in [6.45, 7) is 1.84. The highest BCUT2D eigenvalue weighted by Crippen LogP contribution is 2.48. The molecule has 122 valence electrons.